The van der Waals surface area contributed by atoms with Crippen molar-refractivity contribution in [2.24, 2.45) is 0 Å². The van der Waals surface area contributed by atoms with E-state index < -0.39 is 12.1 Å². The number of nitrogens with one attached hydrogen (secondary N) is 3. The summed E-state index contributed by atoms with van der Waals surface area (Å²) in [5, 5.41) is 8.46. The molecule has 108 valence electrons. The number of morpholine rings is 1. The maximum Gasteiger partial charge on any atom is 0.246 e. The summed E-state index contributed by atoms with van der Waals surface area (Å²) in [6.45, 7) is 3.23. The molecule has 1 aliphatic heterocycles. The van der Waals surface area contributed by atoms with E-state index in [-0.39, 0.29) is 11.8 Å². The zero-order chi connectivity index (χ0) is 14.4. The van der Waals surface area contributed by atoms with E-state index in [0.29, 0.717) is 25.4 Å². The summed E-state index contributed by atoms with van der Waals surface area (Å²) >= 11 is 0. The molecule has 0 aliphatic carbocycles. The minimum atomic E-state index is -0.605. The highest BCUT2D eigenvalue weighted by Gasteiger charge is 2.24. The molecule has 1 fully saturated rings. The van der Waals surface area contributed by atoms with Crippen molar-refractivity contribution in [3.05, 3.63) is 30.3 Å². The van der Waals surface area contributed by atoms with Gasteiger partial charge in [-0.2, -0.15) is 0 Å². The van der Waals surface area contributed by atoms with Crippen LogP contribution in [0.3, 0.4) is 0 Å². The first kappa shape index (κ1) is 14.5. The molecule has 3 N–H and O–H groups in total. The predicted octanol–water partition coefficient (Wildman–Crippen LogP) is 0.118. The topological polar surface area (TPSA) is 79.5 Å². The van der Waals surface area contributed by atoms with Crippen LogP contribution in [0.5, 0.6) is 0 Å². The number of anilines is 1. The molecule has 1 aliphatic rings. The van der Waals surface area contributed by atoms with E-state index in [1.807, 2.05) is 18.2 Å². The van der Waals surface area contributed by atoms with Crippen LogP contribution in [0.4, 0.5) is 5.69 Å². The summed E-state index contributed by atoms with van der Waals surface area (Å²) in [6, 6.07) is 8.13. The van der Waals surface area contributed by atoms with Crippen LogP contribution in [-0.2, 0) is 14.3 Å². The molecular formula is C14H19N3O3. The van der Waals surface area contributed by atoms with Gasteiger partial charge in [0.25, 0.3) is 0 Å². The fourth-order valence-corrected chi connectivity index (χ4v) is 1.89. The predicted molar refractivity (Wildman–Crippen MR) is 75.3 cm³/mol. The minimum absolute atomic E-state index is 0.222. The van der Waals surface area contributed by atoms with E-state index in [1.54, 1.807) is 19.1 Å². The lowest BCUT2D eigenvalue weighted by molar-refractivity contribution is -0.129. The van der Waals surface area contributed by atoms with E-state index in [0.717, 1.165) is 0 Å². The van der Waals surface area contributed by atoms with Crippen LogP contribution in [0.2, 0.25) is 0 Å². The molecule has 0 bridgehead atoms. The van der Waals surface area contributed by atoms with Gasteiger partial charge in [0, 0.05) is 12.2 Å². The number of amides is 2. The second kappa shape index (κ2) is 7.02. The van der Waals surface area contributed by atoms with Gasteiger partial charge < -0.3 is 20.7 Å². The minimum Gasteiger partial charge on any atom is -0.378 e. The molecule has 6 heteroatoms. The Hall–Kier alpha value is -1.92. The zero-order valence-corrected chi connectivity index (χ0v) is 11.4. The number of benzene rings is 1. The molecule has 1 heterocycles. The third-order valence-corrected chi connectivity index (χ3v) is 3.03. The normalized spacial score (nSPS) is 19.9. The Bertz CT molecular complexity index is 458. The molecule has 6 nitrogen and oxygen atoms in total. The molecule has 0 radical (unpaired) electrons. The van der Waals surface area contributed by atoms with Crippen LogP contribution in [0.1, 0.15) is 6.92 Å². The van der Waals surface area contributed by atoms with Crippen molar-refractivity contribution in [3.63, 3.8) is 0 Å². The second-order valence-corrected chi connectivity index (χ2v) is 4.67. The van der Waals surface area contributed by atoms with Crippen LogP contribution in [0, 0.1) is 0 Å². The van der Waals surface area contributed by atoms with Crippen molar-refractivity contribution >= 4 is 17.5 Å². The van der Waals surface area contributed by atoms with Crippen molar-refractivity contribution < 1.29 is 14.3 Å². The standard InChI is InChI=1S/C14H19N3O3/c1-10(13(18)17-11-5-3-2-4-6-11)16-14(19)12-9-20-8-7-15-12/h2-6,10,12,15H,7-9H2,1H3,(H,16,19)(H,17,18). The molecule has 1 saturated heterocycles. The first-order valence-electron chi connectivity index (χ1n) is 6.64. The third kappa shape index (κ3) is 4.04. The Kier molecular flexibility index (Phi) is 5.09. The van der Waals surface area contributed by atoms with Gasteiger partial charge in [0.15, 0.2) is 0 Å². The van der Waals surface area contributed by atoms with E-state index in [2.05, 4.69) is 16.0 Å². The maximum absolute atomic E-state index is 12.0. The third-order valence-electron chi connectivity index (χ3n) is 3.03. The monoisotopic (exact) mass is 277 g/mol. The molecule has 0 aromatic heterocycles. The fraction of sp³-hybridized carbons (Fsp3) is 0.429. The van der Waals surface area contributed by atoms with Gasteiger partial charge in [-0.25, -0.2) is 0 Å². The van der Waals surface area contributed by atoms with Gasteiger partial charge in [-0.1, -0.05) is 18.2 Å². The first-order chi connectivity index (χ1) is 9.66. The van der Waals surface area contributed by atoms with Gasteiger partial charge in [-0.05, 0) is 19.1 Å². The lowest BCUT2D eigenvalue weighted by atomic mass is 10.2. The molecule has 2 unspecified atom stereocenters. The van der Waals surface area contributed by atoms with Crippen molar-refractivity contribution in [1.82, 2.24) is 10.6 Å². The van der Waals surface area contributed by atoms with Crippen LogP contribution in [0.25, 0.3) is 0 Å². The van der Waals surface area contributed by atoms with Crippen molar-refractivity contribution in [2.75, 3.05) is 25.1 Å². The van der Waals surface area contributed by atoms with Crippen LogP contribution < -0.4 is 16.0 Å². The molecule has 1 aromatic rings. The summed E-state index contributed by atoms with van der Waals surface area (Å²) < 4.78 is 5.22. The number of rotatable bonds is 4. The maximum atomic E-state index is 12.0. The Morgan fingerprint density at radius 1 is 1.35 bits per heavy atom. The van der Waals surface area contributed by atoms with E-state index in [1.165, 1.54) is 0 Å². The van der Waals surface area contributed by atoms with E-state index in [4.69, 9.17) is 4.74 Å². The highest BCUT2D eigenvalue weighted by molar-refractivity contribution is 5.97. The van der Waals surface area contributed by atoms with Gasteiger partial charge in [0.1, 0.15) is 12.1 Å². The molecule has 0 saturated carbocycles. The summed E-state index contributed by atoms with van der Waals surface area (Å²) in [5.74, 6) is -0.471. The Morgan fingerprint density at radius 3 is 2.75 bits per heavy atom. The van der Waals surface area contributed by atoms with E-state index >= 15 is 0 Å². The van der Waals surface area contributed by atoms with Crippen molar-refractivity contribution in [2.45, 2.75) is 19.0 Å². The van der Waals surface area contributed by atoms with Gasteiger partial charge in [-0.15, -0.1) is 0 Å². The molecule has 1 aromatic carbocycles. The molecule has 0 spiro atoms. The van der Waals surface area contributed by atoms with Gasteiger partial charge in [-0.3, -0.25) is 9.59 Å². The number of hydrogen-bond donors (Lipinski definition) is 3. The molecular weight excluding hydrogens is 258 g/mol. The van der Waals surface area contributed by atoms with E-state index in [9.17, 15) is 9.59 Å². The van der Waals surface area contributed by atoms with Crippen molar-refractivity contribution in [1.29, 1.82) is 0 Å². The number of hydrogen-bond acceptors (Lipinski definition) is 4. The average Bonchev–Trinajstić information content (AvgIpc) is 2.49. The molecule has 2 atom stereocenters. The van der Waals surface area contributed by atoms with Crippen LogP contribution >= 0.6 is 0 Å². The first-order valence-corrected chi connectivity index (χ1v) is 6.64. The number of carbonyl (C=O) groups excluding carboxylic acids is 2. The summed E-state index contributed by atoms with van der Waals surface area (Å²) in [7, 11) is 0. The van der Waals surface area contributed by atoms with Crippen LogP contribution in [0.15, 0.2) is 30.3 Å². The average molecular weight is 277 g/mol. The highest BCUT2D eigenvalue weighted by atomic mass is 16.5. The highest BCUT2D eigenvalue weighted by Crippen LogP contribution is 2.05. The Labute approximate surface area is 117 Å². The zero-order valence-electron chi connectivity index (χ0n) is 11.4. The van der Waals surface area contributed by atoms with Gasteiger partial charge >= 0.3 is 0 Å². The second-order valence-electron chi connectivity index (χ2n) is 4.67. The smallest absolute Gasteiger partial charge is 0.246 e. The summed E-state index contributed by atoms with van der Waals surface area (Å²) in [5.41, 5.74) is 0.706. The Balaban J connectivity index is 1.82. The van der Waals surface area contributed by atoms with Crippen LogP contribution in [-0.4, -0.2) is 43.7 Å². The lowest BCUT2D eigenvalue weighted by Crippen LogP contribution is -2.54. The Morgan fingerprint density at radius 2 is 2.10 bits per heavy atom. The SMILES string of the molecule is CC(NC(=O)C1COCCN1)C(=O)Nc1ccccc1. The number of para-hydroxylation sites is 1. The summed E-state index contributed by atoms with van der Waals surface area (Å²) in [6.07, 6.45) is 0. The largest absolute Gasteiger partial charge is 0.378 e. The quantitative estimate of drug-likeness (QED) is 0.730. The molecule has 2 rings (SSSR count). The molecule has 20 heavy (non-hydrogen) atoms. The summed E-state index contributed by atoms with van der Waals surface area (Å²) in [4.78, 5) is 23.9. The van der Waals surface area contributed by atoms with Gasteiger partial charge in [0.05, 0.1) is 13.2 Å². The number of carbonyl (C=O) groups is 2. The van der Waals surface area contributed by atoms with Crippen molar-refractivity contribution in [3.8, 4) is 0 Å². The fourth-order valence-electron chi connectivity index (χ4n) is 1.89. The van der Waals surface area contributed by atoms with Gasteiger partial charge in [0.2, 0.25) is 11.8 Å². The molecule has 2 amide bonds. The lowest BCUT2D eigenvalue weighted by Gasteiger charge is -2.24. The number of ether oxygens (including phenoxy) is 1.